The molecule has 362 valence electrons. The fourth-order valence-electron chi connectivity index (χ4n) is 8.25. The minimum atomic E-state index is -0.730. The van der Waals surface area contributed by atoms with Gasteiger partial charge in [0, 0.05) is 63.2 Å². The molecule has 0 saturated heterocycles. The number of nitrogens with zero attached hydrogens (tertiary/aromatic N) is 9. The summed E-state index contributed by atoms with van der Waals surface area (Å²) in [5.41, 5.74) is 14.4. The lowest BCUT2D eigenvalue weighted by Gasteiger charge is -2.39. The van der Waals surface area contributed by atoms with Crippen LogP contribution in [0.2, 0.25) is 0 Å². The maximum absolute atomic E-state index is 13.7. The molecule has 22 nitrogen and oxygen atoms in total. The standard InChI is InChI=1S/C47H56N14O8/c1-7-61-35(20-27(3)57-61)45(67)56-47-53-33-21-30(41(48)63)23-36(68-6)39(33)59(47)16-8-9-17-60-40-34(54-46(60)55-43(65)29-11-14-51-52-25-29)22-31(42(49)64)24-37(40)69-18-10-15-58(5)38(62)12-13-50-44(66)32-19-26(2)28(32)4/h8-9,11,14,20-26,28,32H,7,10,12-13,15-19H2,1-6H3,(H2,48,63)(H2,49,64)(H,50,66)(H,53,56,67)(H,54,55,65)/b9-8+. The summed E-state index contributed by atoms with van der Waals surface area (Å²) in [6, 6.07) is 9.16. The first kappa shape index (κ1) is 48.8. The average molecular weight is 945 g/mol. The second-order valence-electron chi connectivity index (χ2n) is 16.9. The summed E-state index contributed by atoms with van der Waals surface area (Å²) in [5.74, 6) is -0.969. The van der Waals surface area contributed by atoms with E-state index < -0.39 is 23.6 Å². The molecule has 1 aliphatic rings. The van der Waals surface area contributed by atoms with Crippen molar-refractivity contribution in [1.82, 2.24) is 49.3 Å². The number of methoxy groups -OCH3 is 1. The minimum absolute atomic E-state index is 0.0158. The largest absolute Gasteiger partial charge is 0.494 e. The van der Waals surface area contributed by atoms with Gasteiger partial charge in [-0.15, -0.1) is 0 Å². The van der Waals surface area contributed by atoms with Gasteiger partial charge >= 0.3 is 0 Å². The summed E-state index contributed by atoms with van der Waals surface area (Å²) in [6.07, 6.45) is 7.69. The van der Waals surface area contributed by atoms with Gasteiger partial charge < -0.3 is 40.3 Å². The summed E-state index contributed by atoms with van der Waals surface area (Å²) in [7, 11) is 3.12. The number of aryl methyl sites for hydroxylation is 2. The molecule has 22 heteroatoms. The summed E-state index contributed by atoms with van der Waals surface area (Å²) in [4.78, 5) is 88.5. The Morgan fingerprint density at radius 1 is 0.855 bits per heavy atom. The van der Waals surface area contributed by atoms with Gasteiger partial charge in [0.15, 0.2) is 0 Å². The summed E-state index contributed by atoms with van der Waals surface area (Å²) in [6.45, 7) is 9.22. The number of nitrogens with one attached hydrogen (secondary N) is 3. The number of hydrogen-bond donors (Lipinski definition) is 5. The predicted molar refractivity (Wildman–Crippen MR) is 255 cm³/mol. The number of fused-ring (bicyclic) bond motifs is 2. The number of anilines is 2. The van der Waals surface area contributed by atoms with Crippen LogP contribution in [-0.4, -0.2) is 113 Å². The molecule has 1 saturated carbocycles. The molecule has 0 spiro atoms. The summed E-state index contributed by atoms with van der Waals surface area (Å²) in [5, 5.41) is 20.6. The van der Waals surface area contributed by atoms with Crippen molar-refractivity contribution in [2.24, 2.45) is 29.2 Å². The van der Waals surface area contributed by atoms with E-state index in [-0.39, 0.29) is 90.5 Å². The van der Waals surface area contributed by atoms with Gasteiger partial charge in [0.1, 0.15) is 28.2 Å². The van der Waals surface area contributed by atoms with E-state index in [1.165, 1.54) is 49.8 Å². The highest BCUT2D eigenvalue weighted by atomic mass is 16.5. The van der Waals surface area contributed by atoms with E-state index in [1.54, 1.807) is 50.9 Å². The van der Waals surface area contributed by atoms with E-state index in [2.05, 4.69) is 50.1 Å². The molecule has 69 heavy (non-hydrogen) atoms. The fraction of sp³-hybridized carbons (Fsp3) is 0.383. The van der Waals surface area contributed by atoms with E-state index in [9.17, 15) is 28.8 Å². The van der Waals surface area contributed by atoms with E-state index in [0.29, 0.717) is 64.8 Å². The molecular weight excluding hydrogens is 889 g/mol. The molecule has 1 fully saturated rings. The first-order valence-corrected chi connectivity index (χ1v) is 22.5. The molecule has 2 aromatic carbocycles. The number of carbonyl (C=O) groups excluding carboxylic acids is 6. The Kier molecular flexibility index (Phi) is 15.0. The fourth-order valence-corrected chi connectivity index (χ4v) is 8.25. The molecule has 0 radical (unpaired) electrons. The first-order valence-electron chi connectivity index (χ1n) is 22.5. The number of allylic oxidation sites excluding steroid dienone is 2. The van der Waals surface area contributed by atoms with Gasteiger partial charge in [-0.05, 0) is 74.9 Å². The Bertz CT molecular complexity index is 2960. The molecule has 1 aliphatic carbocycles. The van der Waals surface area contributed by atoms with Crippen LogP contribution in [0.15, 0.2) is 60.9 Å². The first-order chi connectivity index (χ1) is 33.1. The second-order valence-corrected chi connectivity index (χ2v) is 16.9. The smallest absolute Gasteiger partial charge is 0.276 e. The molecule has 3 atom stereocenters. The minimum Gasteiger partial charge on any atom is -0.494 e. The van der Waals surface area contributed by atoms with Crippen molar-refractivity contribution in [1.29, 1.82) is 0 Å². The van der Waals surface area contributed by atoms with Gasteiger partial charge in [0.2, 0.25) is 35.5 Å². The van der Waals surface area contributed by atoms with E-state index in [0.717, 1.165) is 6.42 Å². The SMILES string of the molecule is CCn1nc(C)cc1C(=O)Nc1nc2cc(C(N)=O)cc(OC)c2n1C/C=C/Cn1c(NC(=O)c2ccnnc2)nc2cc(C(N)=O)cc(OCCCN(C)C(=O)CCNC(=O)C3CC(C)C3C)c21. The van der Waals surface area contributed by atoms with Gasteiger partial charge in [-0.1, -0.05) is 26.0 Å². The topological polar surface area (TPSA) is 291 Å². The van der Waals surface area contributed by atoms with Gasteiger partial charge in [-0.3, -0.25) is 44.1 Å². The molecule has 0 bridgehead atoms. The highest BCUT2D eigenvalue weighted by Crippen LogP contribution is 2.39. The van der Waals surface area contributed by atoms with Crippen LogP contribution >= 0.6 is 0 Å². The molecule has 4 heterocycles. The highest BCUT2D eigenvalue weighted by molar-refractivity contribution is 6.06. The highest BCUT2D eigenvalue weighted by Gasteiger charge is 2.39. The predicted octanol–water partition coefficient (Wildman–Crippen LogP) is 3.69. The van der Waals surface area contributed by atoms with Crippen molar-refractivity contribution >= 4 is 69.4 Å². The Labute approximate surface area is 396 Å². The van der Waals surface area contributed by atoms with E-state index in [4.69, 9.17) is 25.9 Å². The number of benzene rings is 2. The van der Waals surface area contributed by atoms with Crippen LogP contribution in [0.5, 0.6) is 11.5 Å². The van der Waals surface area contributed by atoms with Crippen LogP contribution in [0, 0.1) is 24.7 Å². The number of rotatable bonds is 21. The van der Waals surface area contributed by atoms with Gasteiger partial charge in [0.05, 0.1) is 48.4 Å². The molecule has 0 aliphatic heterocycles. The zero-order chi connectivity index (χ0) is 49.5. The molecular formula is C47H56N14O8. The normalized spacial score (nSPS) is 15.5. The maximum atomic E-state index is 13.7. The van der Waals surface area contributed by atoms with Crippen LogP contribution in [0.25, 0.3) is 22.1 Å². The van der Waals surface area contributed by atoms with Gasteiger partial charge in [-0.2, -0.15) is 15.3 Å². The van der Waals surface area contributed by atoms with Crippen LogP contribution in [0.4, 0.5) is 11.9 Å². The lowest BCUT2D eigenvalue weighted by molar-refractivity contribution is -0.133. The number of primary amides is 2. The number of ether oxygens (including phenoxy) is 2. The molecule has 3 unspecified atom stereocenters. The number of nitrogens with two attached hydrogens (primary N) is 2. The average Bonchev–Trinajstić information content (AvgIpc) is 4.01. The quantitative estimate of drug-likeness (QED) is 0.0509. The summed E-state index contributed by atoms with van der Waals surface area (Å²) < 4.78 is 17.0. The van der Waals surface area contributed by atoms with E-state index in [1.807, 2.05) is 6.92 Å². The lowest BCUT2D eigenvalue weighted by atomic mass is 9.66. The maximum Gasteiger partial charge on any atom is 0.276 e. The summed E-state index contributed by atoms with van der Waals surface area (Å²) >= 11 is 0. The van der Waals surface area contributed by atoms with Crippen LogP contribution in [-0.2, 0) is 29.2 Å². The van der Waals surface area contributed by atoms with Crippen molar-refractivity contribution in [3.63, 3.8) is 0 Å². The molecule has 7 rings (SSSR count). The Morgan fingerprint density at radius 3 is 2.04 bits per heavy atom. The Morgan fingerprint density at radius 2 is 1.48 bits per heavy atom. The lowest BCUT2D eigenvalue weighted by Crippen LogP contribution is -2.45. The number of carbonyl (C=O) groups is 6. The Hall–Kier alpha value is -8.17. The monoisotopic (exact) mass is 944 g/mol. The van der Waals surface area contributed by atoms with Gasteiger partial charge in [-0.25, -0.2) is 9.97 Å². The number of aromatic nitrogens is 8. The van der Waals surface area contributed by atoms with Crippen molar-refractivity contribution in [2.75, 3.05) is 44.5 Å². The number of imidazole rings is 2. The van der Waals surface area contributed by atoms with Crippen LogP contribution in [0.1, 0.15) is 87.3 Å². The third kappa shape index (κ3) is 10.8. The van der Waals surface area contributed by atoms with Crippen molar-refractivity contribution in [3.05, 3.63) is 89.0 Å². The van der Waals surface area contributed by atoms with Crippen molar-refractivity contribution < 1.29 is 38.2 Å². The van der Waals surface area contributed by atoms with Crippen molar-refractivity contribution in [2.45, 2.75) is 66.6 Å². The number of hydrogen-bond acceptors (Lipinski definition) is 13. The molecule has 6 aromatic rings. The van der Waals surface area contributed by atoms with E-state index >= 15 is 0 Å². The second kappa shape index (κ2) is 21.2. The zero-order valence-corrected chi connectivity index (χ0v) is 39.3. The van der Waals surface area contributed by atoms with Crippen LogP contribution in [0.3, 0.4) is 0 Å². The third-order valence-corrected chi connectivity index (χ3v) is 12.3. The Balaban J connectivity index is 1.15. The zero-order valence-electron chi connectivity index (χ0n) is 39.3. The molecule has 4 aromatic heterocycles. The third-order valence-electron chi connectivity index (χ3n) is 12.3. The molecule has 6 amide bonds. The van der Waals surface area contributed by atoms with Gasteiger partial charge in [0.25, 0.3) is 11.8 Å². The number of amides is 6. The van der Waals surface area contributed by atoms with Crippen LogP contribution < -0.4 is 36.9 Å². The van der Waals surface area contributed by atoms with Crippen molar-refractivity contribution in [3.8, 4) is 11.5 Å². The molecule has 7 N–H and O–H groups in total.